The van der Waals surface area contributed by atoms with Crippen LogP contribution in [-0.2, 0) is 11.3 Å². The van der Waals surface area contributed by atoms with Crippen molar-refractivity contribution in [2.45, 2.75) is 6.54 Å². The molecule has 5 nitrogen and oxygen atoms in total. The zero-order valence-corrected chi connectivity index (χ0v) is 14.1. The van der Waals surface area contributed by atoms with Crippen LogP contribution in [-0.4, -0.2) is 24.7 Å². The Morgan fingerprint density at radius 3 is 2.71 bits per heavy atom. The number of ether oxygens (including phenoxy) is 2. The lowest BCUT2D eigenvalue weighted by atomic mass is 10.2. The third kappa shape index (κ3) is 3.31. The smallest absolute Gasteiger partial charge is 0.244 e. The summed E-state index contributed by atoms with van der Waals surface area (Å²) in [6.07, 6.45) is 1.86. The first-order valence-corrected chi connectivity index (χ1v) is 7.75. The fourth-order valence-electron chi connectivity index (χ4n) is 2.57. The number of anilines is 1. The van der Waals surface area contributed by atoms with Gasteiger partial charge in [-0.3, -0.25) is 4.79 Å². The highest BCUT2D eigenvalue weighted by atomic mass is 35.5. The van der Waals surface area contributed by atoms with Crippen molar-refractivity contribution in [3.05, 3.63) is 53.7 Å². The van der Waals surface area contributed by atoms with Crippen LogP contribution in [0.25, 0.3) is 10.9 Å². The summed E-state index contributed by atoms with van der Waals surface area (Å²) in [6, 6.07) is 12.8. The molecule has 0 aliphatic rings. The number of rotatable bonds is 5. The Kier molecular flexibility index (Phi) is 4.62. The second-order valence-corrected chi connectivity index (χ2v) is 5.70. The highest BCUT2D eigenvalue weighted by Crippen LogP contribution is 2.29. The minimum atomic E-state index is -0.158. The highest BCUT2D eigenvalue weighted by molar-refractivity contribution is 6.31. The van der Waals surface area contributed by atoms with Crippen LogP contribution in [0.3, 0.4) is 0 Å². The lowest BCUT2D eigenvalue weighted by Crippen LogP contribution is -2.18. The summed E-state index contributed by atoms with van der Waals surface area (Å²) in [5.41, 5.74) is 1.52. The van der Waals surface area contributed by atoms with E-state index in [9.17, 15) is 4.79 Å². The molecule has 3 aromatic rings. The first kappa shape index (κ1) is 16.2. The molecule has 1 aromatic heterocycles. The Labute approximate surface area is 144 Å². The number of carbonyl (C=O) groups excluding carboxylic acids is 1. The van der Waals surface area contributed by atoms with Crippen molar-refractivity contribution in [2.75, 3.05) is 19.5 Å². The van der Waals surface area contributed by atoms with Crippen LogP contribution in [0.5, 0.6) is 11.5 Å². The largest absolute Gasteiger partial charge is 0.497 e. The van der Waals surface area contributed by atoms with Crippen molar-refractivity contribution in [1.29, 1.82) is 0 Å². The molecule has 0 saturated carbocycles. The molecule has 0 atom stereocenters. The number of nitrogens with zero attached hydrogens (tertiary/aromatic N) is 1. The Balaban J connectivity index is 1.80. The number of amides is 1. The van der Waals surface area contributed by atoms with E-state index < -0.39 is 0 Å². The van der Waals surface area contributed by atoms with Crippen molar-refractivity contribution in [2.24, 2.45) is 0 Å². The van der Waals surface area contributed by atoms with Gasteiger partial charge in [0, 0.05) is 28.2 Å². The van der Waals surface area contributed by atoms with Crippen molar-refractivity contribution < 1.29 is 14.3 Å². The van der Waals surface area contributed by atoms with E-state index in [0.717, 1.165) is 10.9 Å². The quantitative estimate of drug-likeness (QED) is 0.762. The summed E-state index contributed by atoms with van der Waals surface area (Å²) >= 11 is 5.99. The second-order valence-electron chi connectivity index (χ2n) is 5.26. The predicted molar refractivity (Wildman–Crippen MR) is 95.1 cm³/mol. The van der Waals surface area contributed by atoms with Gasteiger partial charge in [0.15, 0.2) is 0 Å². The van der Waals surface area contributed by atoms with E-state index >= 15 is 0 Å². The lowest BCUT2D eigenvalue weighted by Gasteiger charge is -2.12. The molecule has 1 heterocycles. The monoisotopic (exact) mass is 344 g/mol. The average molecular weight is 345 g/mol. The molecule has 0 radical (unpaired) electrons. The summed E-state index contributed by atoms with van der Waals surface area (Å²) in [5, 5.41) is 4.53. The average Bonchev–Trinajstić information content (AvgIpc) is 2.96. The molecule has 0 bridgehead atoms. The normalized spacial score (nSPS) is 10.6. The predicted octanol–water partition coefficient (Wildman–Crippen LogP) is 3.95. The van der Waals surface area contributed by atoms with Gasteiger partial charge in [-0.25, -0.2) is 0 Å². The minimum Gasteiger partial charge on any atom is -0.497 e. The van der Waals surface area contributed by atoms with Gasteiger partial charge in [-0.15, -0.1) is 0 Å². The van der Waals surface area contributed by atoms with Crippen LogP contribution in [0, 0.1) is 0 Å². The van der Waals surface area contributed by atoms with Crippen LogP contribution in [0.4, 0.5) is 5.69 Å². The molecule has 6 heteroatoms. The van der Waals surface area contributed by atoms with Gasteiger partial charge in [0.25, 0.3) is 0 Å². The topological polar surface area (TPSA) is 52.5 Å². The third-order valence-corrected chi connectivity index (χ3v) is 3.96. The van der Waals surface area contributed by atoms with Crippen LogP contribution in [0.2, 0.25) is 5.02 Å². The Bertz CT molecular complexity index is 889. The van der Waals surface area contributed by atoms with Crippen LogP contribution in [0.1, 0.15) is 0 Å². The number of halogens is 1. The summed E-state index contributed by atoms with van der Waals surface area (Å²) in [6.45, 7) is 0.186. The molecule has 3 rings (SSSR count). The number of fused-ring (bicyclic) bond motifs is 1. The summed E-state index contributed by atoms with van der Waals surface area (Å²) in [5.74, 6) is 1.06. The fraction of sp³-hybridized carbons (Fsp3) is 0.167. The molecule has 0 aliphatic carbocycles. The SMILES string of the molecule is COc1ccc(OC)c(NC(=O)Cn2ccc3cc(Cl)ccc32)c1. The van der Waals surface area contributed by atoms with Crippen LogP contribution < -0.4 is 14.8 Å². The first-order chi connectivity index (χ1) is 11.6. The van der Waals surface area contributed by atoms with E-state index in [2.05, 4.69) is 5.32 Å². The summed E-state index contributed by atoms with van der Waals surface area (Å²) < 4.78 is 12.3. The van der Waals surface area contributed by atoms with Crippen LogP contribution >= 0.6 is 11.6 Å². The van der Waals surface area contributed by atoms with E-state index in [1.165, 1.54) is 0 Å². The molecule has 24 heavy (non-hydrogen) atoms. The van der Waals surface area contributed by atoms with Gasteiger partial charge in [0.2, 0.25) is 5.91 Å². The highest BCUT2D eigenvalue weighted by Gasteiger charge is 2.11. The van der Waals surface area contributed by atoms with E-state index in [1.807, 2.05) is 35.0 Å². The van der Waals surface area contributed by atoms with Gasteiger partial charge in [-0.05, 0) is 36.4 Å². The maximum atomic E-state index is 12.4. The molecule has 2 aromatic carbocycles. The second kappa shape index (κ2) is 6.84. The van der Waals surface area contributed by atoms with Crippen molar-refractivity contribution in [3.63, 3.8) is 0 Å². The first-order valence-electron chi connectivity index (χ1n) is 7.37. The molecule has 124 valence electrons. The Hall–Kier alpha value is -2.66. The molecular weight excluding hydrogens is 328 g/mol. The number of carbonyl (C=O) groups is 1. The van der Waals surface area contributed by atoms with E-state index in [4.69, 9.17) is 21.1 Å². The number of hydrogen-bond acceptors (Lipinski definition) is 3. The zero-order valence-electron chi connectivity index (χ0n) is 13.4. The summed E-state index contributed by atoms with van der Waals surface area (Å²) in [7, 11) is 3.13. The molecule has 1 amide bonds. The number of hydrogen-bond donors (Lipinski definition) is 1. The number of aromatic nitrogens is 1. The van der Waals surface area contributed by atoms with E-state index in [1.54, 1.807) is 32.4 Å². The maximum absolute atomic E-state index is 12.4. The zero-order chi connectivity index (χ0) is 17.1. The molecule has 0 spiro atoms. The van der Waals surface area contributed by atoms with Crippen molar-refractivity contribution in [3.8, 4) is 11.5 Å². The minimum absolute atomic E-state index is 0.158. The molecule has 0 saturated heterocycles. The number of benzene rings is 2. The third-order valence-electron chi connectivity index (χ3n) is 3.73. The number of methoxy groups -OCH3 is 2. The van der Waals surface area contributed by atoms with Crippen molar-refractivity contribution >= 4 is 34.1 Å². The number of nitrogens with one attached hydrogen (secondary N) is 1. The fourth-order valence-corrected chi connectivity index (χ4v) is 2.75. The van der Waals surface area contributed by atoms with Gasteiger partial charge >= 0.3 is 0 Å². The van der Waals surface area contributed by atoms with Gasteiger partial charge in [0.1, 0.15) is 18.0 Å². The molecule has 1 N–H and O–H groups in total. The van der Waals surface area contributed by atoms with Gasteiger partial charge in [0.05, 0.1) is 19.9 Å². The van der Waals surface area contributed by atoms with Gasteiger partial charge in [-0.2, -0.15) is 0 Å². The van der Waals surface area contributed by atoms with Crippen LogP contribution in [0.15, 0.2) is 48.7 Å². The molecular formula is C18H17ClN2O3. The molecule has 0 aliphatic heterocycles. The summed E-state index contributed by atoms with van der Waals surface area (Å²) in [4.78, 5) is 12.4. The van der Waals surface area contributed by atoms with E-state index in [0.29, 0.717) is 22.2 Å². The Morgan fingerprint density at radius 1 is 1.12 bits per heavy atom. The van der Waals surface area contributed by atoms with E-state index in [-0.39, 0.29) is 12.5 Å². The van der Waals surface area contributed by atoms with Crippen molar-refractivity contribution in [1.82, 2.24) is 4.57 Å². The maximum Gasteiger partial charge on any atom is 0.244 e. The van der Waals surface area contributed by atoms with Gasteiger partial charge in [-0.1, -0.05) is 11.6 Å². The lowest BCUT2D eigenvalue weighted by molar-refractivity contribution is -0.116. The van der Waals surface area contributed by atoms with Gasteiger partial charge < -0.3 is 19.4 Å². The standard InChI is InChI=1S/C18H17ClN2O3/c1-23-14-4-6-17(24-2)15(10-14)20-18(22)11-21-8-7-12-9-13(19)3-5-16(12)21/h3-10H,11H2,1-2H3,(H,20,22). The Morgan fingerprint density at radius 2 is 1.96 bits per heavy atom. The molecule has 0 fully saturated rings. The molecule has 0 unspecified atom stereocenters.